The molecule has 3 N–H and O–H groups in total. The zero-order chi connectivity index (χ0) is 16.8. The summed E-state index contributed by atoms with van der Waals surface area (Å²) < 4.78 is 0. The number of hydrogen-bond acceptors (Lipinski definition) is 3. The first-order chi connectivity index (χ1) is 11.0. The average Bonchev–Trinajstić information content (AvgIpc) is 2.55. The lowest BCUT2D eigenvalue weighted by atomic mass is 10.2. The highest BCUT2D eigenvalue weighted by atomic mass is 16.2. The van der Waals surface area contributed by atoms with Crippen LogP contribution in [0.2, 0.25) is 0 Å². The predicted molar refractivity (Wildman–Crippen MR) is 91.8 cm³/mol. The fourth-order valence-electron chi connectivity index (χ4n) is 2.25. The highest BCUT2D eigenvalue weighted by Crippen LogP contribution is 2.19. The second kappa shape index (κ2) is 7.45. The lowest BCUT2D eigenvalue weighted by Gasteiger charge is -2.20. The van der Waals surface area contributed by atoms with Crippen molar-refractivity contribution in [1.29, 1.82) is 0 Å². The lowest BCUT2D eigenvalue weighted by molar-refractivity contribution is -0.143. The first-order valence-electron chi connectivity index (χ1n) is 7.51. The molecule has 120 valence electrons. The van der Waals surface area contributed by atoms with Crippen molar-refractivity contribution in [1.82, 2.24) is 4.90 Å². The number of benzene rings is 2. The summed E-state index contributed by atoms with van der Waals surface area (Å²) in [6.45, 7) is 4.59. The van der Waals surface area contributed by atoms with Gasteiger partial charge in [0.1, 0.15) is 0 Å². The van der Waals surface area contributed by atoms with Gasteiger partial charge in [0.25, 0.3) is 0 Å². The van der Waals surface area contributed by atoms with Crippen molar-refractivity contribution in [3.63, 3.8) is 0 Å². The maximum Gasteiger partial charge on any atom is 0.313 e. The van der Waals surface area contributed by atoms with Crippen LogP contribution in [0.4, 0.5) is 11.4 Å². The molecule has 0 bridgehead atoms. The Bertz CT molecular complexity index is 699. The smallest absolute Gasteiger partial charge is 0.313 e. The van der Waals surface area contributed by atoms with E-state index in [1.54, 1.807) is 12.1 Å². The second-order valence-corrected chi connectivity index (χ2v) is 5.35. The topological polar surface area (TPSA) is 75.4 Å². The van der Waals surface area contributed by atoms with Gasteiger partial charge in [-0.3, -0.25) is 9.59 Å². The van der Waals surface area contributed by atoms with Gasteiger partial charge in [0, 0.05) is 13.1 Å². The summed E-state index contributed by atoms with van der Waals surface area (Å²) in [7, 11) is 0. The number of aryl methyl sites for hydroxylation is 1. The zero-order valence-electron chi connectivity index (χ0n) is 13.4. The SMILES string of the molecule is CCN(Cc1ccccc1)C(=O)C(=O)Nc1ccc(C)cc1N. The van der Waals surface area contributed by atoms with Crippen LogP contribution in [0.3, 0.4) is 0 Å². The molecule has 0 aliphatic carbocycles. The fourth-order valence-corrected chi connectivity index (χ4v) is 2.25. The molecule has 5 heteroatoms. The summed E-state index contributed by atoms with van der Waals surface area (Å²) >= 11 is 0. The Balaban J connectivity index is 2.06. The van der Waals surface area contributed by atoms with E-state index in [0.717, 1.165) is 11.1 Å². The highest BCUT2D eigenvalue weighted by Gasteiger charge is 2.21. The molecule has 0 aliphatic rings. The van der Waals surface area contributed by atoms with Gasteiger partial charge in [0.15, 0.2) is 0 Å². The summed E-state index contributed by atoms with van der Waals surface area (Å²) in [5, 5.41) is 2.58. The molecule has 0 saturated heterocycles. The minimum Gasteiger partial charge on any atom is -0.397 e. The molecule has 0 spiro atoms. The van der Waals surface area contributed by atoms with Crippen molar-refractivity contribution in [2.24, 2.45) is 0 Å². The largest absolute Gasteiger partial charge is 0.397 e. The second-order valence-electron chi connectivity index (χ2n) is 5.35. The monoisotopic (exact) mass is 311 g/mol. The molecule has 2 rings (SSSR count). The Morgan fingerprint density at radius 2 is 1.83 bits per heavy atom. The summed E-state index contributed by atoms with van der Waals surface area (Å²) in [5.41, 5.74) is 8.72. The van der Waals surface area contributed by atoms with Gasteiger partial charge in [-0.05, 0) is 37.1 Å². The molecule has 2 aromatic rings. The van der Waals surface area contributed by atoms with Gasteiger partial charge in [-0.15, -0.1) is 0 Å². The van der Waals surface area contributed by atoms with Gasteiger partial charge in [-0.25, -0.2) is 0 Å². The average molecular weight is 311 g/mol. The number of anilines is 2. The molecule has 0 heterocycles. The number of nitrogens with two attached hydrogens (primary N) is 1. The van der Waals surface area contributed by atoms with Crippen molar-refractivity contribution in [2.45, 2.75) is 20.4 Å². The molecule has 2 aromatic carbocycles. The fraction of sp³-hybridized carbons (Fsp3) is 0.222. The lowest BCUT2D eigenvalue weighted by Crippen LogP contribution is -2.39. The molecule has 23 heavy (non-hydrogen) atoms. The summed E-state index contributed by atoms with van der Waals surface area (Å²) in [6.07, 6.45) is 0. The highest BCUT2D eigenvalue weighted by molar-refractivity contribution is 6.39. The van der Waals surface area contributed by atoms with Crippen molar-refractivity contribution in [3.05, 3.63) is 59.7 Å². The van der Waals surface area contributed by atoms with Crippen LogP contribution in [-0.2, 0) is 16.1 Å². The third-order valence-electron chi connectivity index (χ3n) is 3.53. The number of nitrogens with one attached hydrogen (secondary N) is 1. The van der Waals surface area contributed by atoms with Crippen LogP contribution in [0.15, 0.2) is 48.5 Å². The van der Waals surface area contributed by atoms with Crippen LogP contribution in [0.5, 0.6) is 0 Å². The van der Waals surface area contributed by atoms with Crippen molar-refractivity contribution >= 4 is 23.2 Å². The van der Waals surface area contributed by atoms with E-state index in [1.165, 1.54) is 4.90 Å². The minimum absolute atomic E-state index is 0.396. The van der Waals surface area contributed by atoms with E-state index in [1.807, 2.05) is 50.2 Å². The number of likely N-dealkylation sites (N-methyl/N-ethyl adjacent to an activating group) is 1. The molecule has 0 unspecified atom stereocenters. The molecular weight excluding hydrogens is 290 g/mol. The maximum absolute atomic E-state index is 12.3. The first kappa shape index (κ1) is 16.5. The summed E-state index contributed by atoms with van der Waals surface area (Å²) in [5.74, 6) is -1.25. The van der Waals surface area contributed by atoms with E-state index in [9.17, 15) is 9.59 Å². The summed E-state index contributed by atoms with van der Waals surface area (Å²) in [4.78, 5) is 26.0. The van der Waals surface area contributed by atoms with Gasteiger partial charge >= 0.3 is 11.8 Å². The molecule has 0 saturated carbocycles. The number of amides is 2. The van der Waals surface area contributed by atoms with Crippen LogP contribution in [0.25, 0.3) is 0 Å². The number of nitrogens with zero attached hydrogens (tertiary/aromatic N) is 1. The van der Waals surface area contributed by atoms with Crippen LogP contribution in [0, 0.1) is 6.92 Å². The molecule has 0 fully saturated rings. The summed E-state index contributed by atoms with van der Waals surface area (Å²) in [6, 6.07) is 14.8. The van der Waals surface area contributed by atoms with Gasteiger partial charge < -0.3 is 16.0 Å². The first-order valence-corrected chi connectivity index (χ1v) is 7.51. The molecule has 0 atom stereocenters. The van der Waals surface area contributed by atoms with Crippen molar-refractivity contribution in [3.8, 4) is 0 Å². The molecule has 0 aliphatic heterocycles. The van der Waals surface area contributed by atoms with Crippen molar-refractivity contribution in [2.75, 3.05) is 17.6 Å². The van der Waals surface area contributed by atoms with Crippen LogP contribution in [-0.4, -0.2) is 23.3 Å². The van der Waals surface area contributed by atoms with E-state index in [4.69, 9.17) is 5.73 Å². The van der Waals surface area contributed by atoms with Crippen LogP contribution < -0.4 is 11.1 Å². The Labute approximate surface area is 136 Å². The minimum atomic E-state index is -0.682. The normalized spacial score (nSPS) is 10.2. The number of hydrogen-bond donors (Lipinski definition) is 2. The van der Waals surface area contributed by atoms with Gasteiger partial charge in [0.2, 0.25) is 0 Å². The maximum atomic E-state index is 12.3. The van der Waals surface area contributed by atoms with Crippen LogP contribution >= 0.6 is 0 Å². The van der Waals surface area contributed by atoms with Gasteiger partial charge in [-0.2, -0.15) is 0 Å². The zero-order valence-corrected chi connectivity index (χ0v) is 13.4. The van der Waals surface area contributed by atoms with Crippen LogP contribution in [0.1, 0.15) is 18.1 Å². The molecular formula is C18H21N3O2. The van der Waals surface area contributed by atoms with E-state index in [0.29, 0.717) is 24.5 Å². The Kier molecular flexibility index (Phi) is 5.36. The molecule has 0 radical (unpaired) electrons. The standard InChI is InChI=1S/C18H21N3O2/c1-3-21(12-14-7-5-4-6-8-14)18(23)17(22)20-16-10-9-13(2)11-15(16)19/h4-11H,3,12,19H2,1-2H3,(H,20,22). The third kappa shape index (κ3) is 4.32. The van der Waals surface area contributed by atoms with E-state index >= 15 is 0 Å². The number of rotatable bonds is 4. The van der Waals surface area contributed by atoms with Gasteiger partial charge in [-0.1, -0.05) is 36.4 Å². The Hall–Kier alpha value is -2.82. The molecule has 5 nitrogen and oxygen atoms in total. The predicted octanol–water partition coefficient (Wildman–Crippen LogP) is 2.56. The van der Waals surface area contributed by atoms with Gasteiger partial charge in [0.05, 0.1) is 11.4 Å². The Morgan fingerprint density at radius 1 is 1.13 bits per heavy atom. The third-order valence-corrected chi connectivity index (χ3v) is 3.53. The van der Waals surface area contributed by atoms with E-state index in [-0.39, 0.29) is 0 Å². The molecule has 0 aromatic heterocycles. The number of nitrogen functional groups attached to an aromatic ring is 1. The van der Waals surface area contributed by atoms with Crippen molar-refractivity contribution < 1.29 is 9.59 Å². The number of carbonyl (C=O) groups is 2. The quantitative estimate of drug-likeness (QED) is 0.673. The molecule has 2 amide bonds. The number of carbonyl (C=O) groups excluding carboxylic acids is 2. The Morgan fingerprint density at radius 3 is 2.43 bits per heavy atom. The van der Waals surface area contributed by atoms with E-state index in [2.05, 4.69) is 5.32 Å². The van der Waals surface area contributed by atoms with E-state index < -0.39 is 11.8 Å².